The molecule has 2 aromatic rings. The van der Waals surface area contributed by atoms with Gasteiger partial charge in [-0.15, -0.1) is 0 Å². The fourth-order valence-corrected chi connectivity index (χ4v) is 2.17. The van der Waals surface area contributed by atoms with Crippen LogP contribution in [0.1, 0.15) is 22.8 Å². The second-order valence-corrected chi connectivity index (χ2v) is 5.43. The van der Waals surface area contributed by atoms with E-state index in [0.29, 0.717) is 13.1 Å². The maximum absolute atomic E-state index is 12.4. The molecule has 0 saturated heterocycles. The van der Waals surface area contributed by atoms with Crippen molar-refractivity contribution in [2.24, 2.45) is 0 Å². The van der Waals surface area contributed by atoms with E-state index in [1.165, 1.54) is 0 Å². The van der Waals surface area contributed by atoms with Gasteiger partial charge in [0.2, 0.25) is 0 Å². The molecule has 0 bridgehead atoms. The number of amides is 1. The number of hydrogen-bond acceptors (Lipinski definition) is 2. The molecule has 98 valence electrons. The van der Waals surface area contributed by atoms with Crippen LogP contribution < -0.4 is 0 Å². The molecule has 0 N–H and O–H groups in total. The largest absolute Gasteiger partial charge is 0.335 e. The van der Waals surface area contributed by atoms with Crippen LogP contribution in [0.4, 0.5) is 0 Å². The van der Waals surface area contributed by atoms with Crippen molar-refractivity contribution < 1.29 is 4.79 Å². The summed E-state index contributed by atoms with van der Waals surface area (Å²) in [5.74, 6) is 0.0655. The first kappa shape index (κ1) is 14.0. The van der Waals surface area contributed by atoms with Crippen molar-refractivity contribution in [1.29, 1.82) is 0 Å². The average Bonchev–Trinajstić information content (AvgIpc) is 2.46. The molecule has 3 nitrogen and oxygen atoms in total. The van der Waals surface area contributed by atoms with Crippen molar-refractivity contribution in [1.82, 2.24) is 9.88 Å². The van der Waals surface area contributed by atoms with Gasteiger partial charge >= 0.3 is 0 Å². The molecule has 1 heterocycles. The van der Waals surface area contributed by atoms with E-state index in [9.17, 15) is 4.79 Å². The lowest BCUT2D eigenvalue weighted by Gasteiger charge is -2.21. The summed E-state index contributed by atoms with van der Waals surface area (Å²) in [5, 5.41) is 0. The molecule has 0 aliphatic carbocycles. The topological polar surface area (TPSA) is 33.2 Å². The Morgan fingerprint density at radius 3 is 2.37 bits per heavy atom. The summed E-state index contributed by atoms with van der Waals surface area (Å²) in [4.78, 5) is 18.2. The number of carbonyl (C=O) groups is 1. The van der Waals surface area contributed by atoms with E-state index in [-0.39, 0.29) is 5.91 Å². The predicted molar refractivity (Wildman–Crippen MR) is 83.8 cm³/mol. The molecule has 0 aliphatic rings. The van der Waals surface area contributed by atoms with Gasteiger partial charge in [0.05, 0.1) is 0 Å². The molecule has 0 fully saturated rings. The minimum Gasteiger partial charge on any atom is -0.335 e. The van der Waals surface area contributed by atoms with E-state index in [2.05, 4.69) is 27.6 Å². The summed E-state index contributed by atoms with van der Waals surface area (Å²) >= 11 is 2.23. The van der Waals surface area contributed by atoms with Gasteiger partial charge in [-0.1, -0.05) is 0 Å². The third-order valence-electron chi connectivity index (χ3n) is 2.88. The van der Waals surface area contributed by atoms with Crippen LogP contribution in [0.25, 0.3) is 0 Å². The zero-order valence-electron chi connectivity index (χ0n) is 10.7. The van der Waals surface area contributed by atoms with Gasteiger partial charge in [0, 0.05) is 34.6 Å². The number of rotatable bonds is 4. The highest BCUT2D eigenvalue weighted by atomic mass is 127. The minimum atomic E-state index is 0.0655. The number of benzene rings is 1. The van der Waals surface area contributed by atoms with Crippen molar-refractivity contribution in [2.75, 3.05) is 6.54 Å². The molecule has 1 aromatic heterocycles. The molecule has 0 radical (unpaired) electrons. The van der Waals surface area contributed by atoms with Crippen LogP contribution in [0, 0.1) is 3.57 Å². The average molecular weight is 366 g/mol. The molecule has 4 heteroatoms. The summed E-state index contributed by atoms with van der Waals surface area (Å²) in [6.07, 6.45) is 3.50. The molecule has 2 rings (SSSR count). The summed E-state index contributed by atoms with van der Waals surface area (Å²) in [6.45, 7) is 3.29. The second kappa shape index (κ2) is 6.65. The van der Waals surface area contributed by atoms with Gasteiger partial charge < -0.3 is 4.90 Å². The van der Waals surface area contributed by atoms with Crippen molar-refractivity contribution in [2.45, 2.75) is 13.5 Å². The molecule has 0 unspecified atom stereocenters. The molecular weight excluding hydrogens is 351 g/mol. The van der Waals surface area contributed by atoms with E-state index in [0.717, 1.165) is 14.7 Å². The standard InChI is InChI=1S/C15H15IN2O/c1-2-18(11-12-7-9-17-10-8-12)15(19)13-3-5-14(16)6-4-13/h3-10H,2,11H2,1H3. The Kier molecular flexibility index (Phi) is 4.90. The first-order valence-electron chi connectivity index (χ1n) is 6.14. The molecular formula is C15H15IN2O. The Morgan fingerprint density at radius 1 is 1.16 bits per heavy atom. The third kappa shape index (κ3) is 3.76. The van der Waals surface area contributed by atoms with Gasteiger partial charge in [-0.2, -0.15) is 0 Å². The summed E-state index contributed by atoms with van der Waals surface area (Å²) in [5.41, 5.74) is 1.83. The molecule has 0 spiro atoms. The van der Waals surface area contributed by atoms with Gasteiger partial charge in [0.25, 0.3) is 5.91 Å². The van der Waals surface area contributed by atoms with Gasteiger partial charge in [-0.05, 0) is 71.5 Å². The van der Waals surface area contributed by atoms with Crippen LogP contribution in [-0.4, -0.2) is 22.3 Å². The quantitative estimate of drug-likeness (QED) is 0.778. The molecule has 19 heavy (non-hydrogen) atoms. The lowest BCUT2D eigenvalue weighted by atomic mass is 10.2. The Hall–Kier alpha value is -1.43. The van der Waals surface area contributed by atoms with Gasteiger partial charge in [-0.3, -0.25) is 9.78 Å². The van der Waals surface area contributed by atoms with Gasteiger partial charge in [-0.25, -0.2) is 0 Å². The second-order valence-electron chi connectivity index (χ2n) is 4.18. The minimum absolute atomic E-state index is 0.0655. The van der Waals surface area contributed by atoms with E-state index >= 15 is 0 Å². The van der Waals surface area contributed by atoms with E-state index in [1.807, 2.05) is 48.2 Å². The van der Waals surface area contributed by atoms with E-state index in [4.69, 9.17) is 0 Å². The number of aromatic nitrogens is 1. The van der Waals surface area contributed by atoms with Crippen LogP contribution >= 0.6 is 22.6 Å². The van der Waals surface area contributed by atoms with E-state index < -0.39 is 0 Å². The number of hydrogen-bond donors (Lipinski definition) is 0. The van der Waals surface area contributed by atoms with E-state index in [1.54, 1.807) is 12.4 Å². The Balaban J connectivity index is 2.13. The van der Waals surface area contributed by atoms with Crippen molar-refractivity contribution >= 4 is 28.5 Å². The Morgan fingerprint density at radius 2 is 1.79 bits per heavy atom. The highest BCUT2D eigenvalue weighted by molar-refractivity contribution is 14.1. The lowest BCUT2D eigenvalue weighted by molar-refractivity contribution is 0.0752. The van der Waals surface area contributed by atoms with Gasteiger partial charge in [0.1, 0.15) is 0 Å². The Bertz CT molecular complexity index is 540. The number of pyridine rings is 1. The van der Waals surface area contributed by atoms with Gasteiger partial charge in [0.15, 0.2) is 0 Å². The predicted octanol–water partition coefficient (Wildman–Crippen LogP) is 3.35. The van der Waals surface area contributed by atoms with Crippen LogP contribution in [0.5, 0.6) is 0 Å². The highest BCUT2D eigenvalue weighted by Crippen LogP contribution is 2.11. The summed E-state index contributed by atoms with van der Waals surface area (Å²) < 4.78 is 1.13. The zero-order valence-corrected chi connectivity index (χ0v) is 12.9. The maximum atomic E-state index is 12.4. The van der Waals surface area contributed by atoms with Crippen LogP contribution in [-0.2, 0) is 6.54 Å². The van der Waals surface area contributed by atoms with Crippen molar-refractivity contribution in [3.63, 3.8) is 0 Å². The highest BCUT2D eigenvalue weighted by Gasteiger charge is 2.14. The number of nitrogens with zero attached hydrogens (tertiary/aromatic N) is 2. The zero-order chi connectivity index (χ0) is 13.7. The van der Waals surface area contributed by atoms with Crippen molar-refractivity contribution in [3.05, 3.63) is 63.5 Å². The fraction of sp³-hybridized carbons (Fsp3) is 0.200. The first-order chi connectivity index (χ1) is 9.20. The summed E-state index contributed by atoms with van der Waals surface area (Å²) in [6, 6.07) is 11.5. The lowest BCUT2D eigenvalue weighted by Crippen LogP contribution is -2.30. The van der Waals surface area contributed by atoms with Crippen molar-refractivity contribution in [3.8, 4) is 0 Å². The SMILES string of the molecule is CCN(Cc1ccncc1)C(=O)c1ccc(I)cc1. The molecule has 0 atom stereocenters. The molecule has 1 aromatic carbocycles. The molecule has 0 saturated carbocycles. The van der Waals surface area contributed by atoms with Crippen LogP contribution in [0.15, 0.2) is 48.8 Å². The van der Waals surface area contributed by atoms with Crippen LogP contribution in [0.2, 0.25) is 0 Å². The summed E-state index contributed by atoms with van der Waals surface area (Å²) in [7, 11) is 0. The maximum Gasteiger partial charge on any atom is 0.254 e. The first-order valence-corrected chi connectivity index (χ1v) is 7.22. The smallest absolute Gasteiger partial charge is 0.254 e. The Labute approximate surface area is 126 Å². The monoisotopic (exact) mass is 366 g/mol. The fourth-order valence-electron chi connectivity index (χ4n) is 1.81. The third-order valence-corrected chi connectivity index (χ3v) is 3.60. The number of carbonyl (C=O) groups excluding carboxylic acids is 1. The van der Waals surface area contributed by atoms with Crippen LogP contribution in [0.3, 0.4) is 0 Å². The normalized spacial score (nSPS) is 10.2. The molecule has 0 aliphatic heterocycles. The number of halogens is 1. The molecule has 1 amide bonds.